The molecule has 12 heavy (non-hydrogen) atoms. The molecule has 1 aromatic carbocycles. The van der Waals surface area contributed by atoms with Gasteiger partial charge >= 0.3 is 0 Å². The fraction of sp³-hybridized carbons (Fsp3) is 0.250. The maximum Gasteiger partial charge on any atom is 0.268 e. The third-order valence-electron chi connectivity index (χ3n) is 1.45. The molecule has 0 N–H and O–H groups in total. The van der Waals surface area contributed by atoms with Crippen molar-refractivity contribution in [3.05, 3.63) is 28.8 Å². The van der Waals surface area contributed by atoms with E-state index in [0.29, 0.717) is 0 Å². The highest BCUT2D eigenvalue weighted by Crippen LogP contribution is 2.34. The van der Waals surface area contributed by atoms with Crippen molar-refractivity contribution in [2.45, 2.75) is 6.43 Å². The standard InChI is InChI=1S/C8H7ClF2O/c1-12-6-4-2-3-5(9)7(6)8(10)11/h2-4,8H,1H3. The molecule has 0 aliphatic rings. The molecule has 0 unspecified atom stereocenters. The van der Waals surface area contributed by atoms with E-state index >= 15 is 0 Å². The summed E-state index contributed by atoms with van der Waals surface area (Å²) in [7, 11) is 1.33. The zero-order valence-corrected chi connectivity index (χ0v) is 7.11. The number of benzene rings is 1. The van der Waals surface area contributed by atoms with E-state index in [1.807, 2.05) is 0 Å². The van der Waals surface area contributed by atoms with Gasteiger partial charge in [0, 0.05) is 0 Å². The Morgan fingerprint density at radius 2 is 2.08 bits per heavy atom. The Morgan fingerprint density at radius 1 is 1.42 bits per heavy atom. The molecule has 0 aliphatic heterocycles. The zero-order chi connectivity index (χ0) is 9.14. The van der Waals surface area contributed by atoms with E-state index in [-0.39, 0.29) is 16.3 Å². The third kappa shape index (κ3) is 1.67. The van der Waals surface area contributed by atoms with Gasteiger partial charge < -0.3 is 4.74 Å². The van der Waals surface area contributed by atoms with Gasteiger partial charge in [-0.05, 0) is 12.1 Å². The molecule has 1 nitrogen and oxygen atoms in total. The van der Waals surface area contributed by atoms with E-state index in [4.69, 9.17) is 16.3 Å². The van der Waals surface area contributed by atoms with Crippen LogP contribution in [0.4, 0.5) is 8.78 Å². The van der Waals surface area contributed by atoms with Crippen LogP contribution in [0.1, 0.15) is 12.0 Å². The van der Waals surface area contributed by atoms with Crippen LogP contribution in [0.15, 0.2) is 18.2 Å². The maximum atomic E-state index is 12.3. The molecule has 0 spiro atoms. The lowest BCUT2D eigenvalue weighted by Gasteiger charge is -2.08. The van der Waals surface area contributed by atoms with E-state index in [1.54, 1.807) is 6.07 Å². The number of methoxy groups -OCH3 is 1. The van der Waals surface area contributed by atoms with Crippen LogP contribution < -0.4 is 4.74 Å². The topological polar surface area (TPSA) is 9.23 Å². The van der Waals surface area contributed by atoms with Gasteiger partial charge in [0.2, 0.25) is 0 Å². The maximum absolute atomic E-state index is 12.3. The smallest absolute Gasteiger partial charge is 0.268 e. The molecular formula is C8H7ClF2O. The molecule has 0 saturated heterocycles. The van der Waals surface area contributed by atoms with Crippen LogP contribution >= 0.6 is 11.6 Å². The second-order valence-corrected chi connectivity index (χ2v) is 2.56. The average Bonchev–Trinajstić information content (AvgIpc) is 2.03. The lowest BCUT2D eigenvalue weighted by Crippen LogP contribution is -1.92. The summed E-state index contributed by atoms with van der Waals surface area (Å²) in [6.45, 7) is 0. The highest BCUT2D eigenvalue weighted by molar-refractivity contribution is 6.31. The molecule has 0 heterocycles. The van der Waals surface area contributed by atoms with Gasteiger partial charge in [0.1, 0.15) is 5.75 Å². The van der Waals surface area contributed by atoms with Crippen molar-refractivity contribution in [2.75, 3.05) is 7.11 Å². The van der Waals surface area contributed by atoms with Crippen molar-refractivity contribution in [1.29, 1.82) is 0 Å². The van der Waals surface area contributed by atoms with E-state index in [1.165, 1.54) is 19.2 Å². The lowest BCUT2D eigenvalue weighted by molar-refractivity contribution is 0.147. The normalized spacial score (nSPS) is 10.4. The Bertz CT molecular complexity index is 276. The molecule has 0 fully saturated rings. The summed E-state index contributed by atoms with van der Waals surface area (Å²) in [5.41, 5.74) is -0.248. The molecule has 0 amide bonds. The fourth-order valence-corrected chi connectivity index (χ4v) is 1.16. The summed E-state index contributed by atoms with van der Waals surface area (Å²) in [4.78, 5) is 0. The second-order valence-electron chi connectivity index (χ2n) is 2.16. The zero-order valence-electron chi connectivity index (χ0n) is 6.35. The molecule has 66 valence electrons. The Morgan fingerprint density at radius 3 is 2.50 bits per heavy atom. The largest absolute Gasteiger partial charge is 0.496 e. The van der Waals surface area contributed by atoms with E-state index in [9.17, 15) is 8.78 Å². The lowest BCUT2D eigenvalue weighted by atomic mass is 10.2. The van der Waals surface area contributed by atoms with Gasteiger partial charge in [-0.2, -0.15) is 0 Å². The average molecular weight is 193 g/mol. The minimum atomic E-state index is -2.60. The third-order valence-corrected chi connectivity index (χ3v) is 1.78. The first-order chi connectivity index (χ1) is 5.66. The molecule has 0 aliphatic carbocycles. The van der Waals surface area contributed by atoms with Crippen molar-refractivity contribution < 1.29 is 13.5 Å². The number of hydrogen-bond donors (Lipinski definition) is 0. The Labute approximate surface area is 73.9 Å². The second kappa shape index (κ2) is 3.72. The minimum absolute atomic E-state index is 0.0318. The first-order valence-corrected chi connectivity index (χ1v) is 3.65. The number of rotatable bonds is 2. The molecule has 0 saturated carbocycles. The molecule has 0 bridgehead atoms. The first kappa shape index (κ1) is 9.26. The minimum Gasteiger partial charge on any atom is -0.496 e. The monoisotopic (exact) mass is 192 g/mol. The number of ether oxygens (including phenoxy) is 1. The van der Waals surface area contributed by atoms with E-state index in [0.717, 1.165) is 0 Å². The summed E-state index contributed by atoms with van der Waals surface area (Å²) in [6.07, 6.45) is -2.60. The van der Waals surface area contributed by atoms with Crippen LogP contribution in [0.2, 0.25) is 5.02 Å². The van der Waals surface area contributed by atoms with Gasteiger partial charge in [0.25, 0.3) is 6.43 Å². The van der Waals surface area contributed by atoms with Crippen LogP contribution in [-0.4, -0.2) is 7.11 Å². The molecule has 1 aromatic rings. The van der Waals surface area contributed by atoms with Crippen molar-refractivity contribution >= 4 is 11.6 Å². The van der Waals surface area contributed by atoms with Gasteiger partial charge in [-0.1, -0.05) is 17.7 Å². The predicted molar refractivity (Wildman–Crippen MR) is 43.0 cm³/mol. The molecule has 0 aromatic heterocycles. The molecule has 4 heteroatoms. The van der Waals surface area contributed by atoms with Crippen LogP contribution in [0, 0.1) is 0 Å². The van der Waals surface area contributed by atoms with Gasteiger partial charge in [-0.25, -0.2) is 8.78 Å². The summed E-state index contributed by atoms with van der Waals surface area (Å²) in [6, 6.07) is 4.42. The predicted octanol–water partition coefficient (Wildman–Crippen LogP) is 3.29. The van der Waals surface area contributed by atoms with Crippen LogP contribution in [0.25, 0.3) is 0 Å². The Kier molecular flexibility index (Phi) is 2.87. The van der Waals surface area contributed by atoms with Gasteiger partial charge in [-0.15, -0.1) is 0 Å². The van der Waals surface area contributed by atoms with Crippen molar-refractivity contribution in [2.24, 2.45) is 0 Å². The van der Waals surface area contributed by atoms with Gasteiger partial charge in [0.15, 0.2) is 0 Å². The van der Waals surface area contributed by atoms with Crippen molar-refractivity contribution in [3.63, 3.8) is 0 Å². The summed E-state index contributed by atoms with van der Waals surface area (Å²) in [5, 5.41) is 0.0318. The van der Waals surface area contributed by atoms with Crippen LogP contribution in [0.3, 0.4) is 0 Å². The number of hydrogen-bond acceptors (Lipinski definition) is 1. The highest BCUT2D eigenvalue weighted by atomic mass is 35.5. The Hall–Kier alpha value is -0.830. The van der Waals surface area contributed by atoms with Gasteiger partial charge in [0.05, 0.1) is 17.7 Å². The molecule has 1 rings (SSSR count). The summed E-state index contributed by atoms with van der Waals surface area (Å²) in [5.74, 6) is 0.123. The molecular weight excluding hydrogens is 186 g/mol. The number of alkyl halides is 2. The van der Waals surface area contributed by atoms with Crippen LogP contribution in [0.5, 0.6) is 5.75 Å². The van der Waals surface area contributed by atoms with Crippen molar-refractivity contribution in [1.82, 2.24) is 0 Å². The number of halogens is 3. The molecule has 0 atom stereocenters. The quantitative estimate of drug-likeness (QED) is 0.699. The Balaban J connectivity index is 3.20. The van der Waals surface area contributed by atoms with Crippen molar-refractivity contribution in [3.8, 4) is 5.75 Å². The highest BCUT2D eigenvalue weighted by Gasteiger charge is 2.16. The van der Waals surface area contributed by atoms with Gasteiger partial charge in [-0.3, -0.25) is 0 Å². The first-order valence-electron chi connectivity index (χ1n) is 3.27. The summed E-state index contributed by atoms with van der Waals surface area (Å²) >= 11 is 5.54. The fourth-order valence-electron chi connectivity index (χ4n) is 0.907. The summed E-state index contributed by atoms with van der Waals surface area (Å²) < 4.78 is 29.3. The molecule has 0 radical (unpaired) electrons. The SMILES string of the molecule is COc1cccc(Cl)c1C(F)F. The van der Waals surface area contributed by atoms with E-state index in [2.05, 4.69) is 0 Å². The van der Waals surface area contributed by atoms with Crippen LogP contribution in [-0.2, 0) is 0 Å². The van der Waals surface area contributed by atoms with E-state index < -0.39 is 6.43 Å².